The number of hydrogen-bond donors (Lipinski definition) is 2. The molecule has 0 amide bonds. The van der Waals surface area contributed by atoms with Gasteiger partial charge in [-0.05, 0) is 25.0 Å². The fraction of sp³-hybridized carbons (Fsp3) is 0.600. The van der Waals surface area contributed by atoms with E-state index in [2.05, 4.69) is 5.32 Å². The van der Waals surface area contributed by atoms with Gasteiger partial charge in [-0.15, -0.1) is 0 Å². The number of aliphatic hydroxyl groups excluding tert-OH is 1. The highest BCUT2D eigenvalue weighted by Gasteiger charge is 2.14. The van der Waals surface area contributed by atoms with Crippen LogP contribution < -0.4 is 10.1 Å². The highest BCUT2D eigenvalue weighted by atomic mass is 16.5. The highest BCUT2D eigenvalue weighted by molar-refractivity contribution is 5.20. The van der Waals surface area contributed by atoms with E-state index in [4.69, 9.17) is 4.74 Å². The zero-order valence-corrected chi connectivity index (χ0v) is 10.8. The van der Waals surface area contributed by atoms with Gasteiger partial charge >= 0.3 is 0 Å². The molecule has 100 valence electrons. The molecule has 3 nitrogen and oxygen atoms in total. The van der Waals surface area contributed by atoms with Crippen LogP contribution in [0.4, 0.5) is 0 Å². The summed E-state index contributed by atoms with van der Waals surface area (Å²) in [6, 6.07) is 10.2. The van der Waals surface area contributed by atoms with Crippen LogP contribution in [0.2, 0.25) is 0 Å². The van der Waals surface area contributed by atoms with Crippen molar-refractivity contribution in [2.24, 2.45) is 0 Å². The molecule has 0 saturated heterocycles. The van der Waals surface area contributed by atoms with Crippen LogP contribution in [0.5, 0.6) is 5.75 Å². The smallest absolute Gasteiger partial charge is 0.119 e. The van der Waals surface area contributed by atoms with E-state index < -0.39 is 6.10 Å². The summed E-state index contributed by atoms with van der Waals surface area (Å²) in [4.78, 5) is 0. The van der Waals surface area contributed by atoms with E-state index in [1.807, 2.05) is 30.3 Å². The van der Waals surface area contributed by atoms with Gasteiger partial charge in [-0.2, -0.15) is 0 Å². The van der Waals surface area contributed by atoms with E-state index in [-0.39, 0.29) is 0 Å². The van der Waals surface area contributed by atoms with Gasteiger partial charge in [0.1, 0.15) is 18.5 Å². The number of benzene rings is 1. The van der Waals surface area contributed by atoms with E-state index in [0.29, 0.717) is 19.2 Å². The van der Waals surface area contributed by atoms with E-state index in [1.165, 1.54) is 32.1 Å². The van der Waals surface area contributed by atoms with E-state index in [0.717, 1.165) is 5.75 Å². The van der Waals surface area contributed by atoms with Crippen molar-refractivity contribution in [3.05, 3.63) is 30.3 Å². The molecule has 0 radical (unpaired) electrons. The van der Waals surface area contributed by atoms with Crippen molar-refractivity contribution < 1.29 is 9.84 Å². The van der Waals surface area contributed by atoms with Crippen LogP contribution in [-0.4, -0.2) is 30.4 Å². The molecule has 18 heavy (non-hydrogen) atoms. The Balaban J connectivity index is 1.61. The van der Waals surface area contributed by atoms with Crippen LogP contribution in [0.15, 0.2) is 30.3 Å². The molecular weight excluding hydrogens is 226 g/mol. The van der Waals surface area contributed by atoms with Crippen molar-refractivity contribution in [1.29, 1.82) is 0 Å². The van der Waals surface area contributed by atoms with Gasteiger partial charge < -0.3 is 15.2 Å². The Labute approximate surface area is 109 Å². The summed E-state index contributed by atoms with van der Waals surface area (Å²) in [6.45, 7) is 0.973. The van der Waals surface area contributed by atoms with Crippen molar-refractivity contribution in [1.82, 2.24) is 5.32 Å². The molecule has 0 unspecified atom stereocenters. The maximum Gasteiger partial charge on any atom is 0.119 e. The predicted molar refractivity (Wildman–Crippen MR) is 72.8 cm³/mol. The molecule has 3 heteroatoms. The van der Waals surface area contributed by atoms with Crippen molar-refractivity contribution in [2.75, 3.05) is 13.2 Å². The normalized spacial score (nSPS) is 18.5. The first-order valence-electron chi connectivity index (χ1n) is 6.94. The summed E-state index contributed by atoms with van der Waals surface area (Å²) in [5.74, 6) is 0.814. The van der Waals surface area contributed by atoms with Gasteiger partial charge in [-0.25, -0.2) is 0 Å². The Kier molecular flexibility index (Phi) is 5.49. The SMILES string of the molecule is O[C@H](CNC1CCCCC1)COc1ccccc1. The lowest BCUT2D eigenvalue weighted by molar-refractivity contribution is 0.102. The van der Waals surface area contributed by atoms with Gasteiger partial charge in [0.15, 0.2) is 0 Å². The Morgan fingerprint density at radius 1 is 1.17 bits per heavy atom. The Hall–Kier alpha value is -1.06. The number of hydrogen-bond acceptors (Lipinski definition) is 3. The lowest BCUT2D eigenvalue weighted by Crippen LogP contribution is -2.38. The van der Waals surface area contributed by atoms with Crippen LogP contribution in [0.1, 0.15) is 32.1 Å². The molecule has 0 heterocycles. The van der Waals surface area contributed by atoms with Crippen LogP contribution in [0.25, 0.3) is 0 Å². The molecule has 2 rings (SSSR count). The first-order valence-corrected chi connectivity index (χ1v) is 6.94. The van der Waals surface area contributed by atoms with Crippen molar-refractivity contribution in [2.45, 2.75) is 44.2 Å². The minimum atomic E-state index is -0.438. The van der Waals surface area contributed by atoms with Gasteiger partial charge in [-0.3, -0.25) is 0 Å². The van der Waals surface area contributed by atoms with Gasteiger partial charge in [0.2, 0.25) is 0 Å². The molecule has 1 aromatic rings. The second-order valence-corrected chi connectivity index (χ2v) is 5.02. The molecule has 1 aliphatic carbocycles. The van der Waals surface area contributed by atoms with Gasteiger partial charge in [-0.1, -0.05) is 37.5 Å². The molecule has 1 saturated carbocycles. The molecule has 2 N–H and O–H groups in total. The van der Waals surface area contributed by atoms with Crippen LogP contribution in [0, 0.1) is 0 Å². The lowest BCUT2D eigenvalue weighted by atomic mass is 9.95. The summed E-state index contributed by atoms with van der Waals surface area (Å²) >= 11 is 0. The van der Waals surface area contributed by atoms with Crippen molar-refractivity contribution >= 4 is 0 Å². The van der Waals surface area contributed by atoms with Crippen molar-refractivity contribution in [3.8, 4) is 5.75 Å². The lowest BCUT2D eigenvalue weighted by Gasteiger charge is -2.24. The molecule has 1 fully saturated rings. The first kappa shape index (κ1) is 13.4. The number of ether oxygens (including phenoxy) is 1. The average molecular weight is 249 g/mol. The zero-order valence-electron chi connectivity index (χ0n) is 10.8. The summed E-state index contributed by atoms with van der Waals surface area (Å²) in [6.07, 6.45) is 6.03. The largest absolute Gasteiger partial charge is 0.491 e. The van der Waals surface area contributed by atoms with Crippen LogP contribution in [0.3, 0.4) is 0 Å². The quantitative estimate of drug-likeness (QED) is 0.813. The monoisotopic (exact) mass is 249 g/mol. The fourth-order valence-electron chi connectivity index (χ4n) is 2.38. The molecular formula is C15H23NO2. The van der Waals surface area contributed by atoms with Gasteiger partial charge in [0.05, 0.1) is 0 Å². The second kappa shape index (κ2) is 7.39. The third-order valence-corrected chi connectivity index (χ3v) is 3.43. The number of aliphatic hydroxyl groups is 1. The maximum absolute atomic E-state index is 9.85. The fourth-order valence-corrected chi connectivity index (χ4v) is 2.38. The topological polar surface area (TPSA) is 41.5 Å². The number of rotatable bonds is 6. The van der Waals surface area contributed by atoms with Gasteiger partial charge in [0.25, 0.3) is 0 Å². The molecule has 0 spiro atoms. The Morgan fingerprint density at radius 2 is 1.89 bits per heavy atom. The third-order valence-electron chi connectivity index (χ3n) is 3.43. The summed E-state index contributed by atoms with van der Waals surface area (Å²) in [7, 11) is 0. The molecule has 1 aliphatic rings. The first-order chi connectivity index (χ1) is 8.84. The summed E-state index contributed by atoms with van der Waals surface area (Å²) < 4.78 is 5.52. The predicted octanol–water partition coefficient (Wildman–Crippen LogP) is 2.35. The molecule has 0 aromatic heterocycles. The van der Waals surface area contributed by atoms with E-state index in [9.17, 15) is 5.11 Å². The zero-order chi connectivity index (χ0) is 12.6. The van der Waals surface area contributed by atoms with Crippen LogP contribution >= 0.6 is 0 Å². The summed E-state index contributed by atoms with van der Waals surface area (Å²) in [5, 5.41) is 13.3. The second-order valence-electron chi connectivity index (χ2n) is 5.02. The third kappa shape index (κ3) is 4.67. The van der Waals surface area contributed by atoms with E-state index >= 15 is 0 Å². The van der Waals surface area contributed by atoms with Crippen molar-refractivity contribution in [3.63, 3.8) is 0 Å². The van der Waals surface area contributed by atoms with Crippen LogP contribution in [-0.2, 0) is 0 Å². The maximum atomic E-state index is 9.85. The average Bonchev–Trinajstić information content (AvgIpc) is 2.45. The minimum Gasteiger partial charge on any atom is -0.491 e. The number of para-hydroxylation sites is 1. The summed E-state index contributed by atoms with van der Waals surface area (Å²) in [5.41, 5.74) is 0. The van der Waals surface area contributed by atoms with Gasteiger partial charge in [0, 0.05) is 12.6 Å². The Bertz CT molecular complexity index is 323. The minimum absolute atomic E-state index is 0.351. The van der Waals surface area contributed by atoms with E-state index in [1.54, 1.807) is 0 Å². The number of nitrogens with one attached hydrogen (secondary N) is 1. The Morgan fingerprint density at radius 3 is 2.61 bits per heavy atom. The molecule has 0 bridgehead atoms. The highest BCUT2D eigenvalue weighted by Crippen LogP contribution is 2.17. The molecule has 1 aromatic carbocycles. The molecule has 1 atom stereocenters. The standard InChI is InChI=1S/C15H23NO2/c17-14(11-16-13-7-3-1-4-8-13)12-18-15-9-5-2-6-10-15/h2,5-6,9-10,13-14,16-17H,1,3-4,7-8,11-12H2/t14-/m1/s1. The molecule has 0 aliphatic heterocycles.